The van der Waals surface area contributed by atoms with E-state index >= 15 is 0 Å². The molecule has 1 aromatic carbocycles. The summed E-state index contributed by atoms with van der Waals surface area (Å²) in [6.45, 7) is 3.25. The van der Waals surface area contributed by atoms with Crippen molar-refractivity contribution in [1.82, 2.24) is 0 Å². The maximum Gasteiger partial charge on any atom is 0.238 e. The molecule has 0 aromatic heterocycles. The van der Waals surface area contributed by atoms with Gasteiger partial charge in [0.25, 0.3) is 0 Å². The predicted octanol–water partition coefficient (Wildman–Crippen LogP) is 0.561. The fourth-order valence-electron chi connectivity index (χ4n) is 1.05. The molecule has 0 atom stereocenters. The van der Waals surface area contributed by atoms with Gasteiger partial charge in [-0.3, -0.25) is 0 Å². The van der Waals surface area contributed by atoms with Crippen LogP contribution in [-0.4, -0.2) is 13.5 Å². The summed E-state index contributed by atoms with van der Waals surface area (Å²) in [5.74, 6) is 0. The SMILES string of the molecule is CC(C)(O)c1ccc(S(N)(=O)=O)cc1. The standard InChI is InChI=1S/C9H13NO3S/c1-9(2,11)7-3-5-8(6-4-7)14(10,12)13/h3-6,11H,1-2H3,(H2,10,12,13). The highest BCUT2D eigenvalue weighted by Crippen LogP contribution is 2.20. The molecule has 0 aliphatic heterocycles. The van der Waals surface area contributed by atoms with E-state index < -0.39 is 15.6 Å². The zero-order chi connectivity index (χ0) is 11.0. The molecule has 0 heterocycles. The smallest absolute Gasteiger partial charge is 0.238 e. The van der Waals surface area contributed by atoms with Gasteiger partial charge in [0.2, 0.25) is 10.0 Å². The van der Waals surface area contributed by atoms with E-state index in [4.69, 9.17) is 5.14 Å². The molecular formula is C9H13NO3S. The number of aliphatic hydroxyl groups is 1. The summed E-state index contributed by atoms with van der Waals surface area (Å²) in [7, 11) is -3.65. The van der Waals surface area contributed by atoms with Gasteiger partial charge in [-0.05, 0) is 31.5 Å². The molecule has 0 saturated heterocycles. The molecule has 0 spiro atoms. The van der Waals surface area contributed by atoms with E-state index in [1.54, 1.807) is 26.0 Å². The van der Waals surface area contributed by atoms with Crippen molar-refractivity contribution in [2.45, 2.75) is 24.3 Å². The van der Waals surface area contributed by atoms with Crippen LogP contribution in [0.2, 0.25) is 0 Å². The van der Waals surface area contributed by atoms with Crippen LogP contribution in [0.1, 0.15) is 19.4 Å². The minimum atomic E-state index is -3.65. The topological polar surface area (TPSA) is 80.4 Å². The monoisotopic (exact) mass is 215 g/mol. The van der Waals surface area contributed by atoms with Crippen molar-refractivity contribution in [3.63, 3.8) is 0 Å². The van der Waals surface area contributed by atoms with Gasteiger partial charge in [0.05, 0.1) is 10.5 Å². The Balaban J connectivity index is 3.14. The lowest BCUT2D eigenvalue weighted by molar-refractivity contribution is 0.0785. The largest absolute Gasteiger partial charge is 0.386 e. The van der Waals surface area contributed by atoms with Crippen LogP contribution in [0.4, 0.5) is 0 Å². The zero-order valence-corrected chi connectivity index (χ0v) is 8.88. The molecule has 0 bridgehead atoms. The van der Waals surface area contributed by atoms with Crippen LogP contribution in [0, 0.1) is 0 Å². The number of rotatable bonds is 2. The second-order valence-corrected chi connectivity index (χ2v) is 5.19. The van der Waals surface area contributed by atoms with Gasteiger partial charge in [-0.25, -0.2) is 13.6 Å². The van der Waals surface area contributed by atoms with E-state index in [0.717, 1.165) is 0 Å². The van der Waals surface area contributed by atoms with Crippen LogP contribution < -0.4 is 5.14 Å². The van der Waals surface area contributed by atoms with Crippen molar-refractivity contribution in [3.8, 4) is 0 Å². The Morgan fingerprint density at radius 2 is 1.64 bits per heavy atom. The number of primary sulfonamides is 1. The van der Waals surface area contributed by atoms with E-state index in [-0.39, 0.29) is 4.90 Å². The van der Waals surface area contributed by atoms with Crippen LogP contribution >= 0.6 is 0 Å². The number of hydrogen-bond acceptors (Lipinski definition) is 3. The van der Waals surface area contributed by atoms with E-state index in [1.165, 1.54) is 12.1 Å². The molecular weight excluding hydrogens is 202 g/mol. The van der Waals surface area contributed by atoms with E-state index in [9.17, 15) is 13.5 Å². The lowest BCUT2D eigenvalue weighted by Gasteiger charge is -2.17. The molecule has 1 aromatic rings. The highest BCUT2D eigenvalue weighted by molar-refractivity contribution is 7.89. The minimum Gasteiger partial charge on any atom is -0.386 e. The maximum atomic E-state index is 10.9. The quantitative estimate of drug-likeness (QED) is 0.756. The summed E-state index contributed by atoms with van der Waals surface area (Å²) in [4.78, 5) is 0.0468. The summed E-state index contributed by atoms with van der Waals surface area (Å²) >= 11 is 0. The van der Waals surface area contributed by atoms with Crippen LogP contribution in [0.25, 0.3) is 0 Å². The summed E-state index contributed by atoms with van der Waals surface area (Å²) in [5.41, 5.74) is -0.332. The first-order valence-corrected chi connectivity index (χ1v) is 5.61. The highest BCUT2D eigenvalue weighted by atomic mass is 32.2. The van der Waals surface area contributed by atoms with Gasteiger partial charge in [-0.1, -0.05) is 12.1 Å². The molecule has 1 rings (SSSR count). The summed E-state index contributed by atoms with van der Waals surface area (Å²) < 4.78 is 21.8. The molecule has 0 saturated carbocycles. The first-order chi connectivity index (χ1) is 6.21. The fourth-order valence-corrected chi connectivity index (χ4v) is 1.57. The van der Waals surface area contributed by atoms with Gasteiger partial charge in [0.15, 0.2) is 0 Å². The zero-order valence-electron chi connectivity index (χ0n) is 8.06. The van der Waals surface area contributed by atoms with Crippen molar-refractivity contribution in [1.29, 1.82) is 0 Å². The van der Waals surface area contributed by atoms with Gasteiger partial charge >= 0.3 is 0 Å². The van der Waals surface area contributed by atoms with Crippen LogP contribution in [-0.2, 0) is 15.6 Å². The van der Waals surface area contributed by atoms with Crippen molar-refractivity contribution in [2.75, 3.05) is 0 Å². The molecule has 0 radical (unpaired) electrons. The first-order valence-electron chi connectivity index (χ1n) is 4.07. The fraction of sp³-hybridized carbons (Fsp3) is 0.333. The normalized spacial score (nSPS) is 12.9. The average Bonchev–Trinajstić information content (AvgIpc) is 2.01. The molecule has 0 fully saturated rings. The molecule has 0 aliphatic rings. The molecule has 0 aliphatic carbocycles. The molecule has 0 unspecified atom stereocenters. The summed E-state index contributed by atoms with van der Waals surface area (Å²) in [6, 6.07) is 5.84. The number of sulfonamides is 1. The Bertz CT molecular complexity index is 414. The highest BCUT2D eigenvalue weighted by Gasteiger charge is 2.16. The third-order valence-corrected chi connectivity index (χ3v) is 2.82. The second-order valence-electron chi connectivity index (χ2n) is 3.63. The van der Waals surface area contributed by atoms with E-state index in [1.807, 2.05) is 0 Å². The Kier molecular flexibility index (Phi) is 2.67. The first kappa shape index (κ1) is 11.2. The number of benzene rings is 1. The summed E-state index contributed by atoms with van der Waals surface area (Å²) in [6.07, 6.45) is 0. The second kappa shape index (κ2) is 3.34. The Morgan fingerprint density at radius 1 is 1.21 bits per heavy atom. The summed E-state index contributed by atoms with van der Waals surface area (Å²) in [5, 5.41) is 14.5. The Morgan fingerprint density at radius 3 is 1.93 bits per heavy atom. The molecule has 3 N–H and O–H groups in total. The number of hydrogen-bond donors (Lipinski definition) is 2. The van der Waals surface area contributed by atoms with Gasteiger partial charge in [-0.15, -0.1) is 0 Å². The van der Waals surface area contributed by atoms with Gasteiger partial charge in [0, 0.05) is 0 Å². The molecule has 4 nitrogen and oxygen atoms in total. The Labute approximate surface area is 83.4 Å². The van der Waals surface area contributed by atoms with Crippen molar-refractivity contribution >= 4 is 10.0 Å². The van der Waals surface area contributed by atoms with E-state index in [0.29, 0.717) is 5.56 Å². The third-order valence-electron chi connectivity index (χ3n) is 1.89. The average molecular weight is 215 g/mol. The van der Waals surface area contributed by atoms with Gasteiger partial charge in [-0.2, -0.15) is 0 Å². The van der Waals surface area contributed by atoms with E-state index in [2.05, 4.69) is 0 Å². The van der Waals surface area contributed by atoms with Gasteiger partial charge in [0.1, 0.15) is 0 Å². The molecule has 14 heavy (non-hydrogen) atoms. The number of nitrogens with two attached hydrogens (primary N) is 1. The van der Waals surface area contributed by atoms with Crippen LogP contribution in [0.3, 0.4) is 0 Å². The predicted molar refractivity (Wildman–Crippen MR) is 53.1 cm³/mol. The van der Waals surface area contributed by atoms with Crippen LogP contribution in [0.5, 0.6) is 0 Å². The minimum absolute atomic E-state index is 0.0468. The lowest BCUT2D eigenvalue weighted by atomic mass is 9.99. The maximum absolute atomic E-state index is 10.9. The van der Waals surface area contributed by atoms with Crippen molar-refractivity contribution in [3.05, 3.63) is 29.8 Å². The van der Waals surface area contributed by atoms with Crippen molar-refractivity contribution in [2.24, 2.45) is 5.14 Å². The molecule has 78 valence electrons. The third kappa shape index (κ3) is 2.54. The molecule has 0 amide bonds. The van der Waals surface area contributed by atoms with Crippen molar-refractivity contribution < 1.29 is 13.5 Å². The lowest BCUT2D eigenvalue weighted by Crippen LogP contribution is -2.16. The Hall–Kier alpha value is -0.910. The van der Waals surface area contributed by atoms with Crippen LogP contribution in [0.15, 0.2) is 29.2 Å². The van der Waals surface area contributed by atoms with Gasteiger partial charge < -0.3 is 5.11 Å². The molecule has 5 heteroatoms.